The number of nitro groups is 1. The molecule has 2 N–H and O–H groups in total. The summed E-state index contributed by atoms with van der Waals surface area (Å²) >= 11 is 1.08. The van der Waals surface area contributed by atoms with E-state index in [1.54, 1.807) is 6.20 Å². The number of hydrogen-bond donors (Lipinski definition) is 1. The second-order valence-electron chi connectivity index (χ2n) is 2.50. The molecule has 0 unspecified atom stereocenters. The minimum Gasteiger partial charge on any atom is -0.398 e. The zero-order valence-electron chi connectivity index (χ0n) is 6.43. The number of aromatic nitrogens is 1. The fraction of sp³-hybridized carbons (Fsp3) is 0. The van der Waals surface area contributed by atoms with Crippen molar-refractivity contribution in [2.45, 2.75) is 0 Å². The number of non-ortho nitro benzene ring substituents is 1. The molecule has 0 atom stereocenters. The number of anilines is 1. The van der Waals surface area contributed by atoms with Gasteiger partial charge in [-0.05, 0) is 17.6 Å². The molecule has 0 fully saturated rings. The van der Waals surface area contributed by atoms with Crippen molar-refractivity contribution in [1.82, 2.24) is 4.37 Å². The number of benzene rings is 1. The van der Waals surface area contributed by atoms with Crippen LogP contribution in [0.25, 0.3) is 10.1 Å². The zero-order valence-corrected chi connectivity index (χ0v) is 7.25. The van der Waals surface area contributed by atoms with E-state index < -0.39 is 4.92 Å². The third-order valence-electron chi connectivity index (χ3n) is 1.73. The molecule has 0 aliphatic rings. The number of nitrogens with zero attached hydrogens (tertiary/aromatic N) is 2. The first-order valence-electron chi connectivity index (χ1n) is 3.47. The van der Waals surface area contributed by atoms with E-state index in [1.165, 1.54) is 12.1 Å². The van der Waals surface area contributed by atoms with Crippen LogP contribution >= 0.6 is 11.5 Å². The molecule has 1 aromatic heterocycles. The van der Waals surface area contributed by atoms with Crippen LogP contribution in [0.1, 0.15) is 0 Å². The lowest BCUT2D eigenvalue weighted by Crippen LogP contribution is -1.90. The molecule has 0 aliphatic heterocycles. The average molecular weight is 195 g/mol. The van der Waals surface area contributed by atoms with Crippen molar-refractivity contribution in [2.75, 3.05) is 5.73 Å². The Balaban J connectivity index is 2.86. The van der Waals surface area contributed by atoms with Crippen molar-refractivity contribution in [3.8, 4) is 0 Å². The number of nitrogens with two attached hydrogens (primary N) is 1. The first-order chi connectivity index (χ1) is 6.20. The normalized spacial score (nSPS) is 10.5. The third-order valence-corrected chi connectivity index (χ3v) is 2.55. The van der Waals surface area contributed by atoms with Gasteiger partial charge in [-0.2, -0.15) is 4.37 Å². The van der Waals surface area contributed by atoms with Crippen LogP contribution < -0.4 is 5.73 Å². The van der Waals surface area contributed by atoms with Crippen molar-refractivity contribution in [3.05, 3.63) is 28.4 Å². The molecule has 0 bridgehead atoms. The number of fused-ring (bicyclic) bond motifs is 1. The summed E-state index contributed by atoms with van der Waals surface area (Å²) in [6.45, 7) is 0. The summed E-state index contributed by atoms with van der Waals surface area (Å²) in [6, 6.07) is 2.92. The Kier molecular flexibility index (Phi) is 1.63. The van der Waals surface area contributed by atoms with E-state index in [0.29, 0.717) is 15.8 Å². The summed E-state index contributed by atoms with van der Waals surface area (Å²) in [5.41, 5.74) is 6.20. The number of nitro benzene ring substituents is 1. The Bertz CT molecular complexity index is 480. The number of rotatable bonds is 1. The largest absolute Gasteiger partial charge is 0.398 e. The van der Waals surface area contributed by atoms with Crippen LogP contribution in [-0.4, -0.2) is 9.30 Å². The summed E-state index contributed by atoms with van der Waals surface area (Å²) in [5, 5.41) is 11.2. The molecule has 2 aromatic rings. The summed E-state index contributed by atoms with van der Waals surface area (Å²) < 4.78 is 4.39. The molecule has 0 saturated heterocycles. The van der Waals surface area contributed by atoms with Gasteiger partial charge in [0.05, 0.1) is 11.1 Å². The van der Waals surface area contributed by atoms with E-state index in [2.05, 4.69) is 4.37 Å². The average Bonchev–Trinajstić information content (AvgIpc) is 2.53. The van der Waals surface area contributed by atoms with E-state index in [1.807, 2.05) is 0 Å². The molecule has 5 nitrogen and oxygen atoms in total. The second-order valence-corrected chi connectivity index (χ2v) is 3.30. The van der Waals surface area contributed by atoms with Crippen LogP contribution in [0.2, 0.25) is 0 Å². The number of nitrogen functional groups attached to an aromatic ring is 1. The van der Waals surface area contributed by atoms with Crippen molar-refractivity contribution >= 4 is 33.0 Å². The SMILES string of the molecule is Nc1ccc([N+](=O)[O-])c2sncc12. The monoisotopic (exact) mass is 195 g/mol. The van der Waals surface area contributed by atoms with E-state index >= 15 is 0 Å². The summed E-state index contributed by atoms with van der Waals surface area (Å²) in [5.74, 6) is 0. The minimum absolute atomic E-state index is 0.0618. The lowest BCUT2D eigenvalue weighted by atomic mass is 10.2. The molecule has 66 valence electrons. The molecule has 1 aromatic carbocycles. The molecule has 0 spiro atoms. The summed E-state index contributed by atoms with van der Waals surface area (Å²) in [4.78, 5) is 10.1. The Morgan fingerprint density at radius 1 is 1.54 bits per heavy atom. The van der Waals surface area contributed by atoms with E-state index in [0.717, 1.165) is 11.5 Å². The van der Waals surface area contributed by atoms with Gasteiger partial charge in [0.25, 0.3) is 5.69 Å². The van der Waals surface area contributed by atoms with Crippen molar-refractivity contribution in [1.29, 1.82) is 0 Å². The Hall–Kier alpha value is -1.69. The van der Waals surface area contributed by atoms with Crippen LogP contribution in [0.5, 0.6) is 0 Å². The lowest BCUT2D eigenvalue weighted by Gasteiger charge is -1.95. The highest BCUT2D eigenvalue weighted by molar-refractivity contribution is 7.14. The molecule has 0 saturated carbocycles. The van der Waals surface area contributed by atoms with E-state index in [4.69, 9.17) is 5.73 Å². The Morgan fingerprint density at radius 2 is 2.31 bits per heavy atom. The van der Waals surface area contributed by atoms with Crippen LogP contribution in [0.4, 0.5) is 11.4 Å². The maximum Gasteiger partial charge on any atom is 0.288 e. The lowest BCUT2D eigenvalue weighted by molar-refractivity contribution is -0.382. The molecule has 1 heterocycles. The van der Waals surface area contributed by atoms with Gasteiger partial charge in [0.15, 0.2) is 0 Å². The molecule has 6 heteroatoms. The Labute approximate surface area is 77.1 Å². The highest BCUT2D eigenvalue weighted by Gasteiger charge is 2.14. The fourth-order valence-corrected chi connectivity index (χ4v) is 1.88. The summed E-state index contributed by atoms with van der Waals surface area (Å²) in [6.07, 6.45) is 1.54. The van der Waals surface area contributed by atoms with Crippen molar-refractivity contribution in [3.63, 3.8) is 0 Å². The predicted octanol–water partition coefficient (Wildman–Crippen LogP) is 1.79. The highest BCUT2D eigenvalue weighted by Crippen LogP contribution is 2.32. The first-order valence-corrected chi connectivity index (χ1v) is 4.25. The van der Waals surface area contributed by atoms with Crippen LogP contribution in [-0.2, 0) is 0 Å². The molecule has 2 rings (SSSR count). The standard InChI is InChI=1S/C7H5N3O2S/c8-5-1-2-6(10(11)12)7-4(5)3-9-13-7/h1-3H,8H2. The van der Waals surface area contributed by atoms with E-state index in [9.17, 15) is 10.1 Å². The highest BCUT2D eigenvalue weighted by atomic mass is 32.1. The fourth-order valence-electron chi connectivity index (χ4n) is 1.11. The number of hydrogen-bond acceptors (Lipinski definition) is 5. The molecule has 0 radical (unpaired) electrons. The quantitative estimate of drug-likeness (QED) is 0.427. The van der Waals surface area contributed by atoms with Gasteiger partial charge in [-0.15, -0.1) is 0 Å². The maximum atomic E-state index is 10.6. The maximum absolute atomic E-state index is 10.6. The van der Waals surface area contributed by atoms with Gasteiger partial charge in [0.1, 0.15) is 4.70 Å². The third kappa shape index (κ3) is 1.11. The van der Waals surface area contributed by atoms with Gasteiger partial charge in [0, 0.05) is 17.1 Å². The van der Waals surface area contributed by atoms with Crippen LogP contribution in [0, 0.1) is 10.1 Å². The minimum atomic E-state index is -0.431. The van der Waals surface area contributed by atoms with Crippen molar-refractivity contribution in [2.24, 2.45) is 0 Å². The van der Waals surface area contributed by atoms with E-state index in [-0.39, 0.29) is 5.69 Å². The van der Waals surface area contributed by atoms with Gasteiger partial charge in [-0.25, -0.2) is 0 Å². The molecular weight excluding hydrogens is 190 g/mol. The molecular formula is C7H5N3O2S. The smallest absolute Gasteiger partial charge is 0.288 e. The molecule has 0 amide bonds. The van der Waals surface area contributed by atoms with Gasteiger partial charge in [-0.3, -0.25) is 10.1 Å². The van der Waals surface area contributed by atoms with Gasteiger partial charge >= 0.3 is 0 Å². The van der Waals surface area contributed by atoms with Crippen LogP contribution in [0.15, 0.2) is 18.3 Å². The van der Waals surface area contributed by atoms with Gasteiger partial charge in [0.2, 0.25) is 0 Å². The first kappa shape index (κ1) is 7.93. The summed E-state index contributed by atoms with van der Waals surface area (Å²) in [7, 11) is 0. The van der Waals surface area contributed by atoms with Gasteiger partial charge in [-0.1, -0.05) is 0 Å². The predicted molar refractivity (Wildman–Crippen MR) is 50.7 cm³/mol. The second kappa shape index (κ2) is 2.67. The zero-order chi connectivity index (χ0) is 9.42. The topological polar surface area (TPSA) is 82.0 Å². The van der Waals surface area contributed by atoms with Crippen LogP contribution in [0.3, 0.4) is 0 Å². The molecule has 0 aliphatic carbocycles. The Morgan fingerprint density at radius 3 is 3.00 bits per heavy atom. The van der Waals surface area contributed by atoms with Gasteiger partial charge < -0.3 is 5.73 Å². The van der Waals surface area contributed by atoms with Crippen molar-refractivity contribution < 1.29 is 4.92 Å². The molecule has 13 heavy (non-hydrogen) atoms.